The maximum Gasteiger partial charge on any atom is 0.255 e. The number of phenols is 1. The van der Waals surface area contributed by atoms with Crippen LogP contribution >= 0.6 is 0 Å². The lowest BCUT2D eigenvalue weighted by atomic mass is 10.1. The smallest absolute Gasteiger partial charge is 0.255 e. The van der Waals surface area contributed by atoms with E-state index in [1.807, 2.05) is 31.3 Å². The summed E-state index contributed by atoms with van der Waals surface area (Å²) in [6.07, 6.45) is 1.83. The van der Waals surface area contributed by atoms with Gasteiger partial charge in [-0.25, -0.2) is 0 Å². The molecular weight excluding hydrogens is 252 g/mol. The van der Waals surface area contributed by atoms with Gasteiger partial charge in [-0.2, -0.15) is 0 Å². The second kappa shape index (κ2) is 4.74. The van der Waals surface area contributed by atoms with E-state index in [4.69, 9.17) is 0 Å². The van der Waals surface area contributed by atoms with Gasteiger partial charge in [-0.05, 0) is 48.2 Å². The first kappa shape index (κ1) is 12.3. The molecule has 100 valence electrons. The van der Waals surface area contributed by atoms with Crippen molar-refractivity contribution in [1.29, 1.82) is 0 Å². The highest BCUT2D eigenvalue weighted by Crippen LogP contribution is 2.24. The summed E-state index contributed by atoms with van der Waals surface area (Å²) >= 11 is 0. The molecule has 4 nitrogen and oxygen atoms in total. The van der Waals surface area contributed by atoms with Gasteiger partial charge in [0.25, 0.3) is 5.91 Å². The lowest BCUT2D eigenvalue weighted by molar-refractivity contribution is 0.102. The van der Waals surface area contributed by atoms with Crippen molar-refractivity contribution in [1.82, 2.24) is 4.98 Å². The zero-order valence-corrected chi connectivity index (χ0v) is 11.0. The number of rotatable bonds is 2. The predicted octanol–water partition coefficient (Wildman–Crippen LogP) is 3.43. The Morgan fingerprint density at radius 1 is 1.15 bits per heavy atom. The second-order valence-electron chi connectivity index (χ2n) is 4.75. The predicted molar refractivity (Wildman–Crippen MR) is 79.1 cm³/mol. The van der Waals surface area contributed by atoms with Crippen LogP contribution in [0.3, 0.4) is 0 Å². The topological polar surface area (TPSA) is 65.1 Å². The van der Waals surface area contributed by atoms with Crippen LogP contribution in [0.25, 0.3) is 10.9 Å². The zero-order valence-electron chi connectivity index (χ0n) is 11.0. The number of hydrogen-bond donors (Lipinski definition) is 3. The van der Waals surface area contributed by atoms with Crippen molar-refractivity contribution in [2.45, 2.75) is 6.92 Å². The average Bonchev–Trinajstić information content (AvgIpc) is 2.89. The van der Waals surface area contributed by atoms with Crippen LogP contribution in [-0.2, 0) is 0 Å². The van der Waals surface area contributed by atoms with Gasteiger partial charge >= 0.3 is 0 Å². The molecule has 3 rings (SSSR count). The number of phenolic OH excluding ortho intramolecular Hbond substituents is 1. The minimum atomic E-state index is -0.249. The number of amides is 1. The monoisotopic (exact) mass is 266 g/mol. The molecule has 4 heteroatoms. The number of anilines is 1. The molecule has 0 aliphatic carbocycles. The lowest BCUT2D eigenvalue weighted by Gasteiger charge is -2.08. The molecule has 3 aromatic rings. The molecule has 0 aliphatic heterocycles. The summed E-state index contributed by atoms with van der Waals surface area (Å²) in [6, 6.07) is 12.5. The molecule has 0 spiro atoms. The molecule has 1 heterocycles. The Bertz CT molecular complexity index is 790. The summed E-state index contributed by atoms with van der Waals surface area (Å²) in [6.45, 7) is 1.88. The molecule has 0 radical (unpaired) electrons. The van der Waals surface area contributed by atoms with Gasteiger partial charge in [0, 0.05) is 17.3 Å². The molecule has 0 fully saturated rings. The number of fused-ring (bicyclic) bond motifs is 1. The minimum absolute atomic E-state index is 0.0688. The SMILES string of the molecule is Cc1ccc(NC(=O)c2ccc3cc[nH]c3c2)c(O)c1. The maximum absolute atomic E-state index is 12.2. The number of hydrogen-bond acceptors (Lipinski definition) is 2. The third-order valence-corrected chi connectivity index (χ3v) is 3.22. The Kier molecular flexibility index (Phi) is 2.91. The number of H-pyrrole nitrogens is 1. The Balaban J connectivity index is 1.88. The van der Waals surface area contributed by atoms with Gasteiger partial charge in [-0.1, -0.05) is 12.1 Å². The van der Waals surface area contributed by atoms with E-state index in [9.17, 15) is 9.90 Å². The van der Waals surface area contributed by atoms with Gasteiger partial charge in [0.05, 0.1) is 5.69 Å². The number of carbonyl (C=O) groups is 1. The zero-order chi connectivity index (χ0) is 14.1. The molecular formula is C16H14N2O2. The number of aromatic nitrogens is 1. The fourth-order valence-corrected chi connectivity index (χ4v) is 2.13. The quantitative estimate of drug-likeness (QED) is 0.622. The molecule has 3 N–H and O–H groups in total. The van der Waals surface area contributed by atoms with Crippen molar-refractivity contribution in [2.24, 2.45) is 0 Å². The van der Waals surface area contributed by atoms with Crippen LogP contribution in [0.1, 0.15) is 15.9 Å². The fourth-order valence-electron chi connectivity index (χ4n) is 2.13. The molecule has 0 saturated heterocycles. The number of carbonyl (C=O) groups excluding carboxylic acids is 1. The summed E-state index contributed by atoms with van der Waals surface area (Å²) in [5.41, 5.74) is 2.80. The van der Waals surface area contributed by atoms with Crippen LogP contribution in [0.4, 0.5) is 5.69 Å². The largest absolute Gasteiger partial charge is 0.506 e. The van der Waals surface area contributed by atoms with Crippen molar-refractivity contribution in [2.75, 3.05) is 5.32 Å². The van der Waals surface area contributed by atoms with Crippen LogP contribution in [0.15, 0.2) is 48.7 Å². The van der Waals surface area contributed by atoms with Crippen LogP contribution in [-0.4, -0.2) is 16.0 Å². The standard InChI is InChI=1S/C16H14N2O2/c1-10-2-5-13(15(19)8-10)18-16(20)12-4-3-11-6-7-17-14(11)9-12/h2-9,17,19H,1H3,(H,18,20). The van der Waals surface area contributed by atoms with E-state index < -0.39 is 0 Å². The van der Waals surface area contributed by atoms with Crippen molar-refractivity contribution in [3.63, 3.8) is 0 Å². The minimum Gasteiger partial charge on any atom is -0.506 e. The van der Waals surface area contributed by atoms with Crippen molar-refractivity contribution in [3.8, 4) is 5.75 Å². The number of nitrogens with one attached hydrogen (secondary N) is 2. The van der Waals surface area contributed by atoms with E-state index in [1.165, 1.54) is 0 Å². The Hall–Kier alpha value is -2.75. The van der Waals surface area contributed by atoms with Gasteiger partial charge in [0.1, 0.15) is 5.75 Å². The molecule has 0 unspecified atom stereocenters. The van der Waals surface area contributed by atoms with E-state index in [2.05, 4.69) is 10.3 Å². The summed E-state index contributed by atoms with van der Waals surface area (Å²) in [7, 11) is 0. The van der Waals surface area contributed by atoms with E-state index in [0.717, 1.165) is 16.5 Å². The lowest BCUT2D eigenvalue weighted by Crippen LogP contribution is -2.11. The molecule has 1 amide bonds. The van der Waals surface area contributed by atoms with Gasteiger partial charge < -0.3 is 15.4 Å². The molecule has 0 saturated carbocycles. The fraction of sp³-hybridized carbons (Fsp3) is 0.0625. The normalized spacial score (nSPS) is 10.7. The van der Waals surface area contributed by atoms with Crippen molar-refractivity contribution in [3.05, 3.63) is 59.8 Å². The van der Waals surface area contributed by atoms with Crippen LogP contribution in [0.2, 0.25) is 0 Å². The number of aromatic amines is 1. The van der Waals surface area contributed by atoms with Crippen LogP contribution < -0.4 is 5.32 Å². The molecule has 0 bridgehead atoms. The Labute approximate surface area is 116 Å². The van der Waals surface area contributed by atoms with Gasteiger partial charge in [0.15, 0.2) is 0 Å². The summed E-state index contributed by atoms with van der Waals surface area (Å²) < 4.78 is 0. The van der Waals surface area contributed by atoms with E-state index in [0.29, 0.717) is 11.3 Å². The third-order valence-electron chi connectivity index (χ3n) is 3.22. The molecule has 2 aromatic carbocycles. The highest BCUT2D eigenvalue weighted by molar-refractivity contribution is 6.06. The van der Waals surface area contributed by atoms with E-state index in [-0.39, 0.29) is 11.7 Å². The van der Waals surface area contributed by atoms with Gasteiger partial charge in [-0.15, -0.1) is 0 Å². The van der Waals surface area contributed by atoms with Crippen LogP contribution in [0, 0.1) is 6.92 Å². The van der Waals surface area contributed by atoms with Gasteiger partial charge in [0.2, 0.25) is 0 Å². The molecule has 20 heavy (non-hydrogen) atoms. The number of benzene rings is 2. The van der Waals surface area contributed by atoms with E-state index in [1.54, 1.807) is 24.3 Å². The number of aromatic hydroxyl groups is 1. The first-order valence-electron chi connectivity index (χ1n) is 6.31. The average molecular weight is 266 g/mol. The second-order valence-corrected chi connectivity index (χ2v) is 4.75. The van der Waals surface area contributed by atoms with E-state index >= 15 is 0 Å². The first-order valence-corrected chi connectivity index (χ1v) is 6.31. The highest BCUT2D eigenvalue weighted by Gasteiger charge is 2.09. The molecule has 0 atom stereocenters. The summed E-state index contributed by atoms with van der Waals surface area (Å²) in [5.74, 6) is -0.181. The molecule has 0 aliphatic rings. The summed E-state index contributed by atoms with van der Waals surface area (Å²) in [4.78, 5) is 15.2. The Morgan fingerprint density at radius 3 is 2.80 bits per heavy atom. The van der Waals surface area contributed by atoms with Crippen molar-refractivity contribution < 1.29 is 9.90 Å². The molecule has 1 aromatic heterocycles. The van der Waals surface area contributed by atoms with Crippen LogP contribution in [0.5, 0.6) is 5.75 Å². The maximum atomic E-state index is 12.2. The third kappa shape index (κ3) is 2.23. The Morgan fingerprint density at radius 2 is 2.00 bits per heavy atom. The highest BCUT2D eigenvalue weighted by atomic mass is 16.3. The summed E-state index contributed by atoms with van der Waals surface area (Å²) in [5, 5.41) is 13.6. The first-order chi connectivity index (χ1) is 9.63. The van der Waals surface area contributed by atoms with Crippen molar-refractivity contribution >= 4 is 22.5 Å². The van der Waals surface area contributed by atoms with Gasteiger partial charge in [-0.3, -0.25) is 4.79 Å². The number of aryl methyl sites for hydroxylation is 1.